The summed E-state index contributed by atoms with van der Waals surface area (Å²) < 4.78 is 4.74. The van der Waals surface area contributed by atoms with E-state index in [-0.39, 0.29) is 20.1 Å². The molecule has 0 unspecified atom stereocenters. The first kappa shape index (κ1) is 51.0. The molecular formula is C67H64IrN4Si-2. The van der Waals surface area contributed by atoms with Crippen LogP contribution in [0.15, 0.2) is 194 Å². The minimum absolute atomic E-state index is 0. The number of hydrogen-bond donors (Lipinski definition) is 0. The van der Waals surface area contributed by atoms with Crippen LogP contribution in [0.2, 0.25) is 19.6 Å². The van der Waals surface area contributed by atoms with Crippen molar-refractivity contribution in [3.8, 4) is 56.3 Å². The number of nitrogens with zero attached hydrogens (tertiary/aromatic N) is 4. The molecule has 0 fully saturated rings. The van der Waals surface area contributed by atoms with E-state index >= 15 is 0 Å². The number of rotatable bonds is 11. The van der Waals surface area contributed by atoms with E-state index in [0.29, 0.717) is 17.8 Å². The third-order valence-corrected chi connectivity index (χ3v) is 15.8. The molecule has 11 rings (SSSR count). The molecular weight excluding hydrogens is 1080 g/mol. The largest absolute Gasteiger partial charge is 0.351 e. The van der Waals surface area contributed by atoms with Gasteiger partial charge in [0, 0.05) is 43.2 Å². The summed E-state index contributed by atoms with van der Waals surface area (Å²) in [4.78, 5) is 10.1. The van der Waals surface area contributed by atoms with Crippen molar-refractivity contribution in [3.05, 3.63) is 223 Å². The van der Waals surface area contributed by atoms with Crippen LogP contribution < -0.4 is 5.19 Å². The Balaban J connectivity index is 0.000000207. The average Bonchev–Trinajstić information content (AvgIpc) is 3.94. The molecule has 4 nitrogen and oxygen atoms in total. The average molecular weight is 1150 g/mol. The van der Waals surface area contributed by atoms with Crippen LogP contribution in [0.1, 0.15) is 70.1 Å². The summed E-state index contributed by atoms with van der Waals surface area (Å²) in [5.74, 6) is 2.16. The molecule has 0 N–H and O–H groups in total. The van der Waals surface area contributed by atoms with E-state index in [0.717, 1.165) is 51.3 Å². The minimum Gasteiger partial charge on any atom is -0.351 e. The summed E-state index contributed by atoms with van der Waals surface area (Å²) in [5, 5.41) is 3.89. The van der Waals surface area contributed by atoms with Gasteiger partial charge < -0.3 is 14.1 Å². The number of pyridine rings is 1. The van der Waals surface area contributed by atoms with Gasteiger partial charge in [-0.2, -0.15) is 0 Å². The van der Waals surface area contributed by atoms with Crippen LogP contribution in [-0.2, 0) is 26.5 Å². The molecule has 367 valence electrons. The number of fused-ring (bicyclic) bond motifs is 4. The number of hydrogen-bond acceptors (Lipinski definition) is 2. The molecule has 0 bridgehead atoms. The molecule has 8 aromatic carbocycles. The van der Waals surface area contributed by atoms with Crippen LogP contribution in [0.25, 0.3) is 89.1 Å². The van der Waals surface area contributed by atoms with Crippen molar-refractivity contribution in [2.24, 2.45) is 5.92 Å². The molecule has 0 saturated carbocycles. The Kier molecular flexibility index (Phi) is 15.1. The van der Waals surface area contributed by atoms with Crippen LogP contribution in [0.4, 0.5) is 0 Å². The first-order valence-corrected chi connectivity index (χ1v) is 29.1. The molecule has 73 heavy (non-hydrogen) atoms. The zero-order valence-electron chi connectivity index (χ0n) is 43.5. The maximum absolute atomic E-state index is 5.32. The van der Waals surface area contributed by atoms with Crippen LogP contribution in [0, 0.1) is 18.1 Å². The van der Waals surface area contributed by atoms with Gasteiger partial charge in [-0.3, -0.25) is 4.98 Å². The number of benzene rings is 8. The third-order valence-electron chi connectivity index (χ3n) is 13.8. The normalized spacial score (nSPS) is 11.7. The van der Waals surface area contributed by atoms with Gasteiger partial charge in [0.05, 0.1) is 24.9 Å². The fourth-order valence-corrected chi connectivity index (χ4v) is 11.9. The second-order valence-electron chi connectivity index (χ2n) is 21.2. The van der Waals surface area contributed by atoms with E-state index in [1.54, 1.807) is 0 Å². The molecule has 3 aromatic heterocycles. The molecule has 0 amide bonds. The van der Waals surface area contributed by atoms with Crippen molar-refractivity contribution in [2.45, 2.75) is 79.4 Å². The Bertz CT molecular complexity index is 3650. The van der Waals surface area contributed by atoms with Gasteiger partial charge in [-0.25, -0.2) is 0 Å². The molecule has 0 atom stereocenters. The fourth-order valence-electron chi connectivity index (χ4n) is 10.3. The zero-order valence-corrected chi connectivity index (χ0v) is 46.9. The zero-order chi connectivity index (χ0) is 50.1. The quantitative estimate of drug-likeness (QED) is 0.0956. The molecule has 0 spiro atoms. The second-order valence-corrected chi connectivity index (χ2v) is 26.2. The van der Waals surface area contributed by atoms with E-state index < -0.39 is 8.07 Å². The number of aromatic nitrogens is 4. The van der Waals surface area contributed by atoms with Crippen LogP contribution >= 0.6 is 0 Å². The molecule has 0 aliphatic heterocycles. The van der Waals surface area contributed by atoms with Gasteiger partial charge in [0.25, 0.3) is 0 Å². The van der Waals surface area contributed by atoms with Crippen LogP contribution in [0.5, 0.6) is 0 Å². The fraction of sp³-hybridized carbons (Fsp3) is 0.194. The van der Waals surface area contributed by atoms with E-state index in [9.17, 15) is 0 Å². The van der Waals surface area contributed by atoms with Crippen LogP contribution in [0.3, 0.4) is 0 Å². The Morgan fingerprint density at radius 2 is 1.11 bits per heavy atom. The molecule has 1 radical (unpaired) electrons. The monoisotopic (exact) mass is 1150 g/mol. The van der Waals surface area contributed by atoms with Gasteiger partial charge in [0.2, 0.25) is 0 Å². The van der Waals surface area contributed by atoms with Crippen LogP contribution in [-0.4, -0.2) is 27.2 Å². The Morgan fingerprint density at radius 1 is 0.521 bits per heavy atom. The third kappa shape index (κ3) is 10.5. The summed E-state index contributed by atoms with van der Waals surface area (Å²) in [6.07, 6.45) is 3.23. The van der Waals surface area contributed by atoms with Gasteiger partial charge in [0.1, 0.15) is 0 Å². The van der Waals surface area contributed by atoms with E-state index in [4.69, 9.17) is 9.97 Å². The van der Waals surface area contributed by atoms with Gasteiger partial charge in [-0.15, -0.1) is 59.2 Å². The smallest absolute Gasteiger partial charge is 0.0798 e. The van der Waals surface area contributed by atoms with Gasteiger partial charge in [-0.1, -0.05) is 187 Å². The van der Waals surface area contributed by atoms with Crippen molar-refractivity contribution in [2.75, 3.05) is 0 Å². The summed E-state index contributed by atoms with van der Waals surface area (Å²) >= 11 is 0. The summed E-state index contributed by atoms with van der Waals surface area (Å²) in [6, 6.07) is 73.9. The summed E-state index contributed by atoms with van der Waals surface area (Å²) in [7, 11) is -1.40. The van der Waals surface area contributed by atoms with Crippen molar-refractivity contribution in [1.82, 2.24) is 19.1 Å². The summed E-state index contributed by atoms with van der Waals surface area (Å²) in [5.41, 5.74) is 18.9. The first-order valence-electron chi connectivity index (χ1n) is 25.6. The topological polar surface area (TPSA) is 35.6 Å². The second kappa shape index (κ2) is 21.6. The molecule has 0 aliphatic carbocycles. The van der Waals surface area contributed by atoms with Crippen molar-refractivity contribution in [3.63, 3.8) is 0 Å². The van der Waals surface area contributed by atoms with E-state index in [1.165, 1.54) is 66.1 Å². The van der Waals surface area contributed by atoms with Gasteiger partial charge in [-0.05, 0) is 116 Å². The molecule has 0 saturated heterocycles. The SMILES string of the molecule is CC(C)Cc1cc(-c2[c-]ccc(-c3ccccc3)c2)ncc1[Si](C)(C)C.CC(C)c1cc(-c2ccccc2)cc(C(C)C)c1-n1c(-c2[c-]cc3c(c2)c2ccccc2n3-c2ccccc2)nc2ccccc21.[Ir]. The Labute approximate surface area is 447 Å². The maximum atomic E-state index is 5.32. The predicted molar refractivity (Wildman–Crippen MR) is 309 cm³/mol. The Hall–Kier alpha value is -6.95. The summed E-state index contributed by atoms with van der Waals surface area (Å²) in [6.45, 7) is 21.0. The van der Waals surface area contributed by atoms with E-state index in [2.05, 4.69) is 265 Å². The minimum atomic E-state index is -1.40. The first-order chi connectivity index (χ1) is 34.8. The molecule has 0 aliphatic rings. The van der Waals surface area contributed by atoms with Crippen molar-refractivity contribution < 1.29 is 20.1 Å². The molecule has 3 heterocycles. The van der Waals surface area contributed by atoms with Gasteiger partial charge in [0.15, 0.2) is 0 Å². The maximum Gasteiger partial charge on any atom is 0.0798 e. The van der Waals surface area contributed by atoms with Crippen molar-refractivity contribution in [1.29, 1.82) is 0 Å². The standard InChI is InChI=1S/C43H36N3.C24H28NSi.Ir/c1-28(2)35-26-32(30-15-7-5-8-16-30)27-36(29(3)4)42(35)46-41-22-14-12-20-38(41)44-43(46)31-23-24-40-37(25-31)34-19-11-13-21-39(34)45(40)33-17-9-6-10-18-33;1-18(2)14-22-16-23(25-17-24(22)26(3,4)5)21-13-9-12-20(15-21)19-10-7-6-8-11-19;/h5-22,24-29H,1-4H3;6-12,15-18H,14H2,1-5H3;/q2*-1;. The van der Waals surface area contributed by atoms with E-state index in [1.807, 2.05) is 12.1 Å². The Morgan fingerprint density at radius 3 is 1.74 bits per heavy atom. The number of imidazole rings is 1. The predicted octanol–water partition coefficient (Wildman–Crippen LogP) is 17.5. The number of para-hydroxylation sites is 4. The molecule has 11 aromatic rings. The van der Waals surface area contributed by atoms with Gasteiger partial charge >= 0.3 is 0 Å². The van der Waals surface area contributed by atoms with Crippen molar-refractivity contribution >= 4 is 46.1 Å². The molecule has 6 heteroatoms.